The standard InChI is InChI=1S/C20H19ClN4OS/c1-26-12-4-11-25-19(15-7-9-18(21)10-8-15)23-24-20(25)27-14-17-6-3-2-5-16(17)13-22/h2-3,5-10H,4,11-12,14H2,1H3. The van der Waals surface area contributed by atoms with Gasteiger partial charge in [0.2, 0.25) is 0 Å². The summed E-state index contributed by atoms with van der Waals surface area (Å²) in [6.45, 7) is 1.42. The molecule has 0 atom stereocenters. The Labute approximate surface area is 167 Å². The zero-order valence-electron chi connectivity index (χ0n) is 14.9. The van der Waals surface area contributed by atoms with E-state index >= 15 is 0 Å². The molecule has 1 heterocycles. The maximum absolute atomic E-state index is 9.27. The Morgan fingerprint density at radius 2 is 1.93 bits per heavy atom. The molecule has 138 valence electrons. The summed E-state index contributed by atoms with van der Waals surface area (Å²) < 4.78 is 7.29. The van der Waals surface area contributed by atoms with Crippen LogP contribution in [0.5, 0.6) is 0 Å². The van der Waals surface area contributed by atoms with Crippen LogP contribution in [-0.4, -0.2) is 28.5 Å². The Morgan fingerprint density at radius 3 is 2.67 bits per heavy atom. The molecule has 0 aliphatic carbocycles. The molecule has 0 aliphatic heterocycles. The first-order valence-electron chi connectivity index (χ1n) is 8.52. The summed E-state index contributed by atoms with van der Waals surface area (Å²) in [5.41, 5.74) is 2.64. The first-order valence-corrected chi connectivity index (χ1v) is 9.88. The van der Waals surface area contributed by atoms with Crippen LogP contribution >= 0.6 is 23.4 Å². The minimum Gasteiger partial charge on any atom is -0.385 e. The second-order valence-corrected chi connectivity index (χ2v) is 7.25. The third-order valence-electron chi connectivity index (χ3n) is 4.04. The lowest BCUT2D eigenvalue weighted by molar-refractivity contribution is 0.189. The molecule has 2 aromatic carbocycles. The van der Waals surface area contributed by atoms with Crippen LogP contribution in [0.25, 0.3) is 11.4 Å². The van der Waals surface area contributed by atoms with Gasteiger partial charge in [0.25, 0.3) is 0 Å². The van der Waals surface area contributed by atoms with E-state index in [1.165, 1.54) is 0 Å². The van der Waals surface area contributed by atoms with Crippen LogP contribution in [0.1, 0.15) is 17.5 Å². The van der Waals surface area contributed by atoms with Gasteiger partial charge in [0.05, 0.1) is 11.6 Å². The number of rotatable bonds is 8. The van der Waals surface area contributed by atoms with Crippen molar-refractivity contribution in [3.8, 4) is 17.5 Å². The van der Waals surface area contributed by atoms with E-state index in [0.717, 1.165) is 35.1 Å². The van der Waals surface area contributed by atoms with Gasteiger partial charge >= 0.3 is 0 Å². The van der Waals surface area contributed by atoms with Crippen LogP contribution in [0, 0.1) is 11.3 Å². The monoisotopic (exact) mass is 398 g/mol. The third kappa shape index (κ3) is 4.89. The summed E-state index contributed by atoms with van der Waals surface area (Å²) in [6, 6.07) is 17.4. The molecule has 7 heteroatoms. The molecule has 0 unspecified atom stereocenters. The number of ether oxygens (including phenoxy) is 1. The van der Waals surface area contributed by atoms with Crippen molar-refractivity contribution in [3.63, 3.8) is 0 Å². The smallest absolute Gasteiger partial charge is 0.191 e. The number of hydrogen-bond acceptors (Lipinski definition) is 5. The molecule has 0 saturated heterocycles. The largest absolute Gasteiger partial charge is 0.385 e. The number of nitriles is 1. The van der Waals surface area contributed by atoms with Crippen LogP contribution in [0.4, 0.5) is 0 Å². The van der Waals surface area contributed by atoms with Crippen LogP contribution in [0.2, 0.25) is 5.02 Å². The molecule has 1 aromatic heterocycles. The zero-order chi connectivity index (χ0) is 19.1. The van der Waals surface area contributed by atoms with Gasteiger partial charge in [-0.15, -0.1) is 10.2 Å². The third-order valence-corrected chi connectivity index (χ3v) is 5.31. The summed E-state index contributed by atoms with van der Waals surface area (Å²) in [6.07, 6.45) is 0.859. The molecule has 0 spiro atoms. The van der Waals surface area contributed by atoms with Crippen molar-refractivity contribution in [2.24, 2.45) is 0 Å². The second kappa shape index (κ2) is 9.56. The molecule has 0 saturated carbocycles. The number of nitrogens with zero attached hydrogens (tertiary/aromatic N) is 4. The molecule has 5 nitrogen and oxygen atoms in total. The van der Waals surface area contributed by atoms with E-state index in [1.807, 2.05) is 48.5 Å². The quantitative estimate of drug-likeness (QED) is 0.403. The first-order chi connectivity index (χ1) is 13.2. The Balaban J connectivity index is 1.85. The van der Waals surface area contributed by atoms with E-state index < -0.39 is 0 Å². The Kier molecular flexibility index (Phi) is 6.88. The van der Waals surface area contributed by atoms with Gasteiger partial charge in [0.1, 0.15) is 0 Å². The number of benzene rings is 2. The van der Waals surface area contributed by atoms with E-state index in [2.05, 4.69) is 20.8 Å². The summed E-state index contributed by atoms with van der Waals surface area (Å²) in [7, 11) is 1.70. The molecular formula is C20H19ClN4OS. The summed E-state index contributed by atoms with van der Waals surface area (Å²) in [5.74, 6) is 1.46. The van der Waals surface area contributed by atoms with Gasteiger partial charge in [-0.25, -0.2) is 0 Å². The van der Waals surface area contributed by atoms with Crippen molar-refractivity contribution in [1.82, 2.24) is 14.8 Å². The van der Waals surface area contributed by atoms with Gasteiger partial charge in [0, 0.05) is 36.6 Å². The average molecular weight is 399 g/mol. The van der Waals surface area contributed by atoms with Crippen LogP contribution in [0.3, 0.4) is 0 Å². The molecule has 0 bridgehead atoms. The van der Waals surface area contributed by atoms with Crippen LogP contribution < -0.4 is 0 Å². The molecule has 0 amide bonds. The van der Waals surface area contributed by atoms with Gasteiger partial charge in [0.15, 0.2) is 11.0 Å². The maximum Gasteiger partial charge on any atom is 0.191 e. The van der Waals surface area contributed by atoms with Gasteiger partial charge in [-0.2, -0.15) is 5.26 Å². The molecule has 3 aromatic rings. The van der Waals surface area contributed by atoms with Gasteiger partial charge in [-0.3, -0.25) is 0 Å². The van der Waals surface area contributed by atoms with Crippen molar-refractivity contribution in [3.05, 3.63) is 64.7 Å². The highest BCUT2D eigenvalue weighted by molar-refractivity contribution is 7.98. The number of thioether (sulfide) groups is 1. The highest BCUT2D eigenvalue weighted by atomic mass is 35.5. The zero-order valence-corrected chi connectivity index (χ0v) is 16.5. The normalized spacial score (nSPS) is 10.7. The summed E-state index contributed by atoms with van der Waals surface area (Å²) in [4.78, 5) is 0. The molecule has 3 rings (SSSR count). The van der Waals surface area contributed by atoms with E-state index in [0.29, 0.717) is 22.9 Å². The van der Waals surface area contributed by atoms with Crippen molar-refractivity contribution in [1.29, 1.82) is 5.26 Å². The van der Waals surface area contributed by atoms with E-state index in [9.17, 15) is 5.26 Å². The Morgan fingerprint density at radius 1 is 1.15 bits per heavy atom. The lowest BCUT2D eigenvalue weighted by Gasteiger charge is -2.10. The van der Waals surface area contributed by atoms with Crippen LogP contribution in [-0.2, 0) is 17.0 Å². The topological polar surface area (TPSA) is 63.7 Å². The fourth-order valence-electron chi connectivity index (χ4n) is 2.67. The predicted molar refractivity (Wildman–Crippen MR) is 108 cm³/mol. The highest BCUT2D eigenvalue weighted by Crippen LogP contribution is 2.28. The number of methoxy groups -OCH3 is 1. The number of hydrogen-bond donors (Lipinski definition) is 0. The highest BCUT2D eigenvalue weighted by Gasteiger charge is 2.15. The minimum absolute atomic E-state index is 0.659. The van der Waals surface area contributed by atoms with Crippen molar-refractivity contribution < 1.29 is 4.74 Å². The lowest BCUT2D eigenvalue weighted by atomic mass is 10.1. The maximum atomic E-state index is 9.27. The average Bonchev–Trinajstić information content (AvgIpc) is 3.10. The molecule has 0 fully saturated rings. The number of halogens is 1. The van der Waals surface area contributed by atoms with Gasteiger partial charge < -0.3 is 9.30 Å². The number of aromatic nitrogens is 3. The van der Waals surface area contributed by atoms with Crippen molar-refractivity contribution in [2.75, 3.05) is 13.7 Å². The van der Waals surface area contributed by atoms with Gasteiger partial charge in [-0.1, -0.05) is 41.6 Å². The van der Waals surface area contributed by atoms with E-state index in [1.54, 1.807) is 18.9 Å². The molecule has 0 aliphatic rings. The van der Waals surface area contributed by atoms with E-state index in [-0.39, 0.29) is 0 Å². The summed E-state index contributed by atoms with van der Waals surface area (Å²) in [5, 5.41) is 19.6. The molecule has 0 N–H and O–H groups in total. The molecular weight excluding hydrogens is 380 g/mol. The Hall–Kier alpha value is -2.33. The van der Waals surface area contributed by atoms with E-state index in [4.69, 9.17) is 16.3 Å². The SMILES string of the molecule is COCCCn1c(SCc2ccccc2C#N)nnc1-c1ccc(Cl)cc1. The van der Waals surface area contributed by atoms with Crippen molar-refractivity contribution >= 4 is 23.4 Å². The minimum atomic E-state index is 0.659. The van der Waals surface area contributed by atoms with Gasteiger partial charge in [-0.05, 0) is 42.3 Å². The predicted octanol–water partition coefficient (Wildman–Crippen LogP) is 4.80. The first kappa shape index (κ1) is 19.4. The summed E-state index contributed by atoms with van der Waals surface area (Å²) >= 11 is 7.58. The Bertz CT molecular complexity index is 934. The van der Waals surface area contributed by atoms with Crippen molar-refractivity contribution in [2.45, 2.75) is 23.9 Å². The molecule has 27 heavy (non-hydrogen) atoms. The second-order valence-electron chi connectivity index (χ2n) is 5.87. The fourth-order valence-corrected chi connectivity index (χ4v) is 3.77. The van der Waals surface area contributed by atoms with Crippen LogP contribution in [0.15, 0.2) is 53.7 Å². The molecule has 0 radical (unpaired) electrons. The lowest BCUT2D eigenvalue weighted by Crippen LogP contribution is -2.05. The fraction of sp³-hybridized carbons (Fsp3) is 0.250.